The number of rotatable bonds is 3. The van der Waals surface area contributed by atoms with E-state index in [1.165, 1.54) is 0 Å². The summed E-state index contributed by atoms with van der Waals surface area (Å²) >= 11 is 0. The van der Waals surface area contributed by atoms with Crippen molar-refractivity contribution in [3.63, 3.8) is 0 Å². The van der Waals surface area contributed by atoms with Crippen LogP contribution in [0.3, 0.4) is 0 Å². The molecular formula is C24H16N2. The summed E-state index contributed by atoms with van der Waals surface area (Å²) in [7, 11) is 0. The Bertz CT molecular complexity index is 1020. The van der Waals surface area contributed by atoms with Gasteiger partial charge in [0.25, 0.3) is 0 Å². The molecule has 26 heavy (non-hydrogen) atoms. The quantitative estimate of drug-likeness (QED) is 0.464. The molecule has 0 atom stereocenters. The second kappa shape index (κ2) is 7.04. The Hall–Kier alpha value is -3.70. The van der Waals surface area contributed by atoms with Crippen molar-refractivity contribution in [2.45, 2.75) is 0 Å². The summed E-state index contributed by atoms with van der Waals surface area (Å²) in [4.78, 5) is 4.87. The minimum absolute atomic E-state index is 0.664. The molecule has 0 N–H and O–H groups in total. The summed E-state index contributed by atoms with van der Waals surface area (Å²) < 4.78 is 0. The van der Waals surface area contributed by atoms with E-state index in [-0.39, 0.29) is 0 Å². The van der Waals surface area contributed by atoms with Gasteiger partial charge in [-0.25, -0.2) is 4.98 Å². The largest absolute Gasteiger partial charge is 0.248 e. The predicted octanol–water partition coefficient (Wildman–Crippen LogP) is 5.95. The lowest BCUT2D eigenvalue weighted by Gasteiger charge is -2.11. The first-order chi connectivity index (χ1) is 12.8. The van der Waals surface area contributed by atoms with Gasteiger partial charge in [0, 0.05) is 11.1 Å². The summed E-state index contributed by atoms with van der Waals surface area (Å²) in [6.07, 6.45) is 0. The molecular weight excluding hydrogens is 316 g/mol. The Morgan fingerprint density at radius 2 is 1.08 bits per heavy atom. The topological polar surface area (TPSA) is 36.7 Å². The van der Waals surface area contributed by atoms with Crippen LogP contribution < -0.4 is 0 Å². The molecule has 4 rings (SSSR count). The molecule has 3 aromatic carbocycles. The Balaban J connectivity index is 1.96. The average molecular weight is 332 g/mol. The van der Waals surface area contributed by atoms with Gasteiger partial charge in [-0.05, 0) is 29.3 Å². The van der Waals surface area contributed by atoms with Crippen molar-refractivity contribution < 1.29 is 0 Å². The van der Waals surface area contributed by atoms with Crippen molar-refractivity contribution in [3.8, 4) is 39.7 Å². The highest BCUT2D eigenvalue weighted by molar-refractivity contribution is 5.79. The van der Waals surface area contributed by atoms with Crippen LogP contribution in [0, 0.1) is 11.3 Å². The number of nitrogens with zero attached hydrogens (tertiary/aromatic N) is 2. The summed E-state index contributed by atoms with van der Waals surface area (Å²) in [5.74, 6) is 0. The van der Waals surface area contributed by atoms with Crippen molar-refractivity contribution >= 4 is 0 Å². The molecule has 0 saturated heterocycles. The smallest absolute Gasteiger partial charge is 0.0998 e. The molecule has 0 bridgehead atoms. The standard InChI is InChI=1S/C24H16N2/c25-17-20-13-7-8-14-22(20)21-15-23(18-9-3-1-4-10-18)26-24(16-21)19-11-5-2-6-12-19/h1-16H. The summed E-state index contributed by atoms with van der Waals surface area (Å²) in [5, 5.41) is 9.49. The van der Waals surface area contributed by atoms with E-state index in [2.05, 4.69) is 42.5 Å². The van der Waals surface area contributed by atoms with Gasteiger partial charge >= 0.3 is 0 Å². The molecule has 1 heterocycles. The van der Waals surface area contributed by atoms with Crippen LogP contribution in [0.15, 0.2) is 97.1 Å². The van der Waals surface area contributed by atoms with Crippen LogP contribution in [-0.2, 0) is 0 Å². The molecule has 0 unspecified atom stereocenters. The minimum atomic E-state index is 0.664. The van der Waals surface area contributed by atoms with E-state index in [0.717, 1.165) is 33.6 Å². The highest BCUT2D eigenvalue weighted by Gasteiger charge is 2.11. The van der Waals surface area contributed by atoms with Gasteiger partial charge in [0.1, 0.15) is 0 Å². The SMILES string of the molecule is N#Cc1ccccc1-c1cc(-c2ccccc2)nc(-c2ccccc2)c1. The van der Waals surface area contributed by atoms with E-state index in [0.29, 0.717) is 5.56 Å². The first-order valence-corrected chi connectivity index (χ1v) is 8.47. The lowest BCUT2D eigenvalue weighted by molar-refractivity contribution is 1.32. The number of nitriles is 1. The third-order valence-electron chi connectivity index (χ3n) is 4.32. The van der Waals surface area contributed by atoms with Gasteiger partial charge in [0.2, 0.25) is 0 Å². The molecule has 0 radical (unpaired) electrons. The van der Waals surface area contributed by atoms with Crippen LogP contribution in [0.4, 0.5) is 0 Å². The fraction of sp³-hybridized carbons (Fsp3) is 0. The number of pyridine rings is 1. The van der Waals surface area contributed by atoms with Crippen LogP contribution in [0.5, 0.6) is 0 Å². The maximum absolute atomic E-state index is 9.49. The van der Waals surface area contributed by atoms with Crippen molar-refractivity contribution in [3.05, 3.63) is 103 Å². The Kier molecular flexibility index (Phi) is 4.28. The maximum Gasteiger partial charge on any atom is 0.0998 e. The van der Waals surface area contributed by atoms with Crippen molar-refractivity contribution in [2.75, 3.05) is 0 Å². The van der Waals surface area contributed by atoms with E-state index in [1.54, 1.807) is 0 Å². The van der Waals surface area contributed by atoms with Gasteiger partial charge in [0.05, 0.1) is 23.0 Å². The molecule has 0 fully saturated rings. The monoisotopic (exact) mass is 332 g/mol. The third kappa shape index (κ3) is 3.11. The second-order valence-electron chi connectivity index (χ2n) is 6.02. The molecule has 0 aliphatic heterocycles. The number of hydrogen-bond acceptors (Lipinski definition) is 2. The van der Waals surface area contributed by atoms with Crippen LogP contribution >= 0.6 is 0 Å². The van der Waals surface area contributed by atoms with Gasteiger partial charge in [-0.1, -0.05) is 78.9 Å². The van der Waals surface area contributed by atoms with Gasteiger partial charge in [-0.3, -0.25) is 0 Å². The number of benzene rings is 3. The summed E-state index contributed by atoms with van der Waals surface area (Å²) in [6.45, 7) is 0. The van der Waals surface area contributed by atoms with Crippen LogP contribution in [0.25, 0.3) is 33.6 Å². The van der Waals surface area contributed by atoms with E-state index in [9.17, 15) is 5.26 Å². The van der Waals surface area contributed by atoms with Crippen molar-refractivity contribution in [1.29, 1.82) is 5.26 Å². The Morgan fingerprint density at radius 3 is 1.62 bits per heavy atom. The van der Waals surface area contributed by atoms with Crippen molar-refractivity contribution in [2.24, 2.45) is 0 Å². The normalized spacial score (nSPS) is 10.3. The minimum Gasteiger partial charge on any atom is -0.248 e. The molecule has 122 valence electrons. The van der Waals surface area contributed by atoms with E-state index in [4.69, 9.17) is 4.98 Å². The molecule has 0 saturated carbocycles. The first-order valence-electron chi connectivity index (χ1n) is 8.47. The maximum atomic E-state index is 9.49. The lowest BCUT2D eigenvalue weighted by Crippen LogP contribution is -1.92. The number of hydrogen-bond donors (Lipinski definition) is 0. The van der Waals surface area contributed by atoms with Crippen LogP contribution in [-0.4, -0.2) is 4.98 Å². The summed E-state index contributed by atoms with van der Waals surface area (Å²) in [6, 6.07) is 34.3. The summed E-state index contributed by atoms with van der Waals surface area (Å²) in [5.41, 5.74) is 6.49. The van der Waals surface area contributed by atoms with E-state index in [1.807, 2.05) is 60.7 Å². The number of aromatic nitrogens is 1. The van der Waals surface area contributed by atoms with Gasteiger partial charge < -0.3 is 0 Å². The van der Waals surface area contributed by atoms with Gasteiger partial charge in [-0.2, -0.15) is 5.26 Å². The van der Waals surface area contributed by atoms with Crippen LogP contribution in [0.2, 0.25) is 0 Å². The van der Waals surface area contributed by atoms with E-state index < -0.39 is 0 Å². The Labute approximate surface area is 153 Å². The zero-order valence-electron chi connectivity index (χ0n) is 14.1. The lowest BCUT2D eigenvalue weighted by atomic mass is 9.97. The molecule has 4 aromatic rings. The zero-order valence-corrected chi connectivity index (χ0v) is 14.1. The molecule has 0 spiro atoms. The van der Waals surface area contributed by atoms with E-state index >= 15 is 0 Å². The molecule has 1 aromatic heterocycles. The molecule has 2 nitrogen and oxygen atoms in total. The third-order valence-corrected chi connectivity index (χ3v) is 4.32. The fourth-order valence-corrected chi connectivity index (χ4v) is 3.03. The Morgan fingerprint density at radius 1 is 0.577 bits per heavy atom. The predicted molar refractivity (Wildman–Crippen MR) is 105 cm³/mol. The fourth-order valence-electron chi connectivity index (χ4n) is 3.03. The molecule has 0 amide bonds. The average Bonchev–Trinajstić information content (AvgIpc) is 2.74. The molecule has 0 aliphatic carbocycles. The van der Waals surface area contributed by atoms with Crippen molar-refractivity contribution in [1.82, 2.24) is 4.98 Å². The molecule has 2 heteroatoms. The highest BCUT2D eigenvalue weighted by Crippen LogP contribution is 2.31. The second-order valence-corrected chi connectivity index (χ2v) is 6.02. The molecule has 0 aliphatic rings. The van der Waals surface area contributed by atoms with Crippen LogP contribution in [0.1, 0.15) is 5.56 Å². The van der Waals surface area contributed by atoms with Gasteiger partial charge in [-0.15, -0.1) is 0 Å². The zero-order chi connectivity index (χ0) is 17.8. The highest BCUT2D eigenvalue weighted by atomic mass is 14.7. The first kappa shape index (κ1) is 15.8. The van der Waals surface area contributed by atoms with Gasteiger partial charge in [0.15, 0.2) is 0 Å².